The summed E-state index contributed by atoms with van der Waals surface area (Å²) < 4.78 is 0. The maximum absolute atomic E-state index is 12.1. The summed E-state index contributed by atoms with van der Waals surface area (Å²) in [4.78, 5) is 16.8. The number of hydrogen-bond acceptors (Lipinski definition) is 2. The Kier molecular flexibility index (Phi) is 4.42. The molecule has 0 bridgehead atoms. The summed E-state index contributed by atoms with van der Waals surface area (Å²) in [6.07, 6.45) is 1.63. The maximum Gasteiger partial charge on any atom is 0.322 e. The van der Waals surface area contributed by atoms with E-state index in [2.05, 4.69) is 16.9 Å². The zero-order valence-electron chi connectivity index (χ0n) is 11.5. The number of anilines is 1. The number of aryl methyl sites for hydroxylation is 1. The van der Waals surface area contributed by atoms with Crippen LogP contribution >= 0.6 is 0 Å². The number of nitrogens with one attached hydrogen (secondary N) is 2. The molecule has 0 fully saturated rings. The molecule has 5 nitrogen and oxygen atoms in total. The number of nitrogens with zero attached hydrogens (tertiary/aromatic N) is 1. The molecule has 0 saturated heterocycles. The van der Waals surface area contributed by atoms with Crippen LogP contribution in [0.1, 0.15) is 5.69 Å². The minimum atomic E-state index is -0.245. The van der Waals surface area contributed by atoms with Crippen LogP contribution in [-0.2, 0) is 0 Å². The van der Waals surface area contributed by atoms with Gasteiger partial charge in [0, 0.05) is 35.4 Å². The molecule has 106 valence electrons. The maximum atomic E-state index is 12.1. The van der Waals surface area contributed by atoms with Crippen molar-refractivity contribution in [2.45, 2.75) is 6.92 Å². The Balaban J connectivity index is 2.13. The predicted molar refractivity (Wildman–Crippen MR) is 80.9 cm³/mol. The van der Waals surface area contributed by atoms with Gasteiger partial charge in [-0.05, 0) is 31.2 Å². The molecule has 0 aliphatic heterocycles. The highest BCUT2D eigenvalue weighted by atomic mass is 16.3. The van der Waals surface area contributed by atoms with E-state index < -0.39 is 0 Å². The highest BCUT2D eigenvalue weighted by Crippen LogP contribution is 2.20. The quantitative estimate of drug-likeness (QED) is 0.733. The number of rotatable bonds is 5. The molecule has 2 aromatic rings. The van der Waals surface area contributed by atoms with Gasteiger partial charge in [0.15, 0.2) is 0 Å². The molecule has 0 aliphatic carbocycles. The minimum absolute atomic E-state index is 0.0721. The second kappa shape index (κ2) is 6.25. The molecule has 2 rings (SSSR count). The lowest BCUT2D eigenvalue weighted by molar-refractivity contribution is 0.195. The van der Waals surface area contributed by atoms with Crippen LogP contribution in [0.25, 0.3) is 10.9 Å². The Morgan fingerprint density at radius 1 is 1.50 bits per heavy atom. The first kappa shape index (κ1) is 14.1. The van der Waals surface area contributed by atoms with Crippen LogP contribution in [0, 0.1) is 6.92 Å². The van der Waals surface area contributed by atoms with E-state index in [1.165, 1.54) is 4.90 Å². The van der Waals surface area contributed by atoms with Gasteiger partial charge in [-0.1, -0.05) is 6.08 Å². The number of aromatic amines is 1. The molecule has 5 heteroatoms. The molecule has 2 amide bonds. The number of urea groups is 1. The van der Waals surface area contributed by atoms with Crippen molar-refractivity contribution in [3.63, 3.8) is 0 Å². The largest absolute Gasteiger partial charge is 0.395 e. The van der Waals surface area contributed by atoms with Gasteiger partial charge in [0.1, 0.15) is 0 Å². The van der Waals surface area contributed by atoms with E-state index >= 15 is 0 Å². The number of fused-ring (bicyclic) bond motifs is 1. The van der Waals surface area contributed by atoms with E-state index in [9.17, 15) is 4.79 Å². The topological polar surface area (TPSA) is 68.4 Å². The highest BCUT2D eigenvalue weighted by molar-refractivity contribution is 5.93. The van der Waals surface area contributed by atoms with E-state index in [1.54, 1.807) is 6.08 Å². The zero-order chi connectivity index (χ0) is 14.5. The summed E-state index contributed by atoms with van der Waals surface area (Å²) in [5.74, 6) is 0. The van der Waals surface area contributed by atoms with E-state index in [1.807, 2.05) is 31.2 Å². The molecule has 0 atom stereocenters. The Labute approximate surface area is 117 Å². The monoisotopic (exact) mass is 273 g/mol. The Morgan fingerprint density at radius 2 is 2.30 bits per heavy atom. The number of carbonyl (C=O) groups is 1. The van der Waals surface area contributed by atoms with Gasteiger partial charge in [-0.2, -0.15) is 0 Å². The van der Waals surface area contributed by atoms with Crippen LogP contribution in [-0.4, -0.2) is 40.7 Å². The normalized spacial score (nSPS) is 10.5. The lowest BCUT2D eigenvalue weighted by atomic mass is 10.2. The van der Waals surface area contributed by atoms with Crippen LogP contribution in [0.3, 0.4) is 0 Å². The second-order valence-corrected chi connectivity index (χ2v) is 4.64. The van der Waals surface area contributed by atoms with Crippen molar-refractivity contribution in [3.05, 3.63) is 42.6 Å². The van der Waals surface area contributed by atoms with Crippen LogP contribution in [0.2, 0.25) is 0 Å². The lowest BCUT2D eigenvalue weighted by Gasteiger charge is -2.20. The third-order valence-electron chi connectivity index (χ3n) is 3.01. The third kappa shape index (κ3) is 3.19. The fourth-order valence-corrected chi connectivity index (χ4v) is 2.11. The molecule has 1 aromatic carbocycles. The van der Waals surface area contributed by atoms with Crippen LogP contribution in [0.5, 0.6) is 0 Å². The van der Waals surface area contributed by atoms with Crippen molar-refractivity contribution in [3.8, 4) is 0 Å². The fraction of sp³-hybridized carbons (Fsp3) is 0.267. The highest BCUT2D eigenvalue weighted by Gasteiger charge is 2.11. The number of amides is 2. The second-order valence-electron chi connectivity index (χ2n) is 4.64. The summed E-state index contributed by atoms with van der Waals surface area (Å²) in [6.45, 7) is 6.21. The first-order valence-corrected chi connectivity index (χ1v) is 6.51. The molecule has 0 aliphatic rings. The van der Waals surface area contributed by atoms with Crippen LogP contribution in [0.15, 0.2) is 36.9 Å². The van der Waals surface area contributed by atoms with Gasteiger partial charge in [-0.3, -0.25) is 0 Å². The fourth-order valence-electron chi connectivity index (χ4n) is 2.11. The zero-order valence-corrected chi connectivity index (χ0v) is 11.5. The third-order valence-corrected chi connectivity index (χ3v) is 3.01. The van der Waals surface area contributed by atoms with Gasteiger partial charge < -0.3 is 20.3 Å². The molecule has 1 aromatic heterocycles. The number of aromatic nitrogens is 1. The number of aliphatic hydroxyl groups is 1. The first-order chi connectivity index (χ1) is 9.63. The van der Waals surface area contributed by atoms with E-state index in [4.69, 9.17) is 5.11 Å². The Bertz CT molecular complexity index is 619. The van der Waals surface area contributed by atoms with Gasteiger partial charge in [0.05, 0.1) is 6.61 Å². The average molecular weight is 273 g/mol. The van der Waals surface area contributed by atoms with Crippen LogP contribution < -0.4 is 5.32 Å². The van der Waals surface area contributed by atoms with Gasteiger partial charge in [0.25, 0.3) is 0 Å². The summed E-state index contributed by atoms with van der Waals surface area (Å²) in [5.41, 5.74) is 2.85. The van der Waals surface area contributed by atoms with Crippen molar-refractivity contribution in [2.75, 3.05) is 25.0 Å². The molecule has 20 heavy (non-hydrogen) atoms. The lowest BCUT2D eigenvalue weighted by Crippen LogP contribution is -2.37. The van der Waals surface area contributed by atoms with Gasteiger partial charge in [0.2, 0.25) is 0 Å². The smallest absolute Gasteiger partial charge is 0.322 e. The summed E-state index contributed by atoms with van der Waals surface area (Å²) in [5, 5.41) is 12.8. The molecule has 3 N–H and O–H groups in total. The average Bonchev–Trinajstić information content (AvgIpc) is 2.77. The molecular formula is C15H19N3O2. The number of aliphatic hydroxyl groups excluding tert-OH is 1. The SMILES string of the molecule is C=CCN(CCO)C(=O)Nc1ccc2[nH]c(C)cc2c1. The van der Waals surface area contributed by atoms with Gasteiger partial charge in [-0.15, -0.1) is 6.58 Å². The number of hydrogen-bond donors (Lipinski definition) is 3. The summed E-state index contributed by atoms with van der Waals surface area (Å²) in [7, 11) is 0. The van der Waals surface area contributed by atoms with E-state index in [0.717, 1.165) is 22.3 Å². The predicted octanol–water partition coefficient (Wildman–Crippen LogP) is 2.49. The number of carbonyl (C=O) groups excluding carboxylic acids is 1. The minimum Gasteiger partial charge on any atom is -0.395 e. The number of H-pyrrole nitrogens is 1. The van der Waals surface area contributed by atoms with Crippen molar-refractivity contribution < 1.29 is 9.90 Å². The molecule has 0 spiro atoms. The summed E-state index contributed by atoms with van der Waals surface area (Å²) >= 11 is 0. The van der Waals surface area contributed by atoms with Crippen molar-refractivity contribution in [2.24, 2.45) is 0 Å². The number of benzene rings is 1. The molecule has 0 saturated carbocycles. The first-order valence-electron chi connectivity index (χ1n) is 6.51. The Morgan fingerprint density at radius 3 is 3.00 bits per heavy atom. The van der Waals surface area contributed by atoms with Crippen molar-refractivity contribution >= 4 is 22.6 Å². The van der Waals surface area contributed by atoms with E-state index in [-0.39, 0.29) is 19.2 Å². The van der Waals surface area contributed by atoms with Crippen molar-refractivity contribution in [1.82, 2.24) is 9.88 Å². The van der Waals surface area contributed by atoms with Gasteiger partial charge in [-0.25, -0.2) is 4.79 Å². The standard InChI is InChI=1S/C15H19N3O2/c1-3-6-18(7-8-19)15(20)17-13-4-5-14-12(10-13)9-11(2)16-14/h3-5,9-10,16,19H,1,6-8H2,2H3,(H,17,20). The molecule has 0 radical (unpaired) electrons. The molecule has 0 unspecified atom stereocenters. The van der Waals surface area contributed by atoms with Crippen LogP contribution in [0.4, 0.5) is 10.5 Å². The van der Waals surface area contributed by atoms with Gasteiger partial charge >= 0.3 is 6.03 Å². The molecular weight excluding hydrogens is 254 g/mol. The Hall–Kier alpha value is -2.27. The molecule has 1 heterocycles. The van der Waals surface area contributed by atoms with Crippen molar-refractivity contribution in [1.29, 1.82) is 0 Å². The van der Waals surface area contributed by atoms with E-state index in [0.29, 0.717) is 6.54 Å². The summed E-state index contributed by atoms with van der Waals surface area (Å²) in [6, 6.07) is 7.48.